The summed E-state index contributed by atoms with van der Waals surface area (Å²) in [6, 6.07) is 26.2. The van der Waals surface area contributed by atoms with Gasteiger partial charge in [-0.1, -0.05) is 78.9 Å². The smallest absolute Gasteiger partial charge is 0.260 e. The van der Waals surface area contributed by atoms with Crippen LogP contribution >= 0.6 is 11.3 Å². The molecule has 1 aliphatic heterocycles. The summed E-state index contributed by atoms with van der Waals surface area (Å²) in [5.41, 5.74) is 5.45. The minimum Gasteiger partial charge on any atom is -0.379 e. The number of amides is 1. The lowest BCUT2D eigenvalue weighted by Gasteiger charge is -2.28. The van der Waals surface area contributed by atoms with Gasteiger partial charge in [-0.3, -0.25) is 14.6 Å². The zero-order chi connectivity index (χ0) is 26.6. The van der Waals surface area contributed by atoms with Crippen LogP contribution in [0, 0.1) is 0 Å². The summed E-state index contributed by atoms with van der Waals surface area (Å²) in [6.45, 7) is 7.07. The third-order valence-corrected chi connectivity index (χ3v) is 8.37. The molecule has 0 atom stereocenters. The highest BCUT2D eigenvalue weighted by molar-refractivity contribution is 7.22. The fourth-order valence-electron chi connectivity index (χ4n) is 5.21. The molecular weight excluding hydrogens is 504 g/mol. The van der Waals surface area contributed by atoms with Gasteiger partial charge in [0.2, 0.25) is 0 Å². The number of carbonyl (C=O) groups is 1. The Morgan fingerprint density at radius 2 is 1.77 bits per heavy atom. The van der Waals surface area contributed by atoms with Gasteiger partial charge >= 0.3 is 0 Å². The van der Waals surface area contributed by atoms with Crippen LogP contribution in [0.5, 0.6) is 0 Å². The Morgan fingerprint density at radius 3 is 2.59 bits per heavy atom. The molecule has 39 heavy (non-hydrogen) atoms. The summed E-state index contributed by atoms with van der Waals surface area (Å²) in [5, 5.41) is 1.61. The quantitative estimate of drug-likeness (QED) is 0.228. The molecule has 0 saturated carbocycles. The SMILES string of the molecule is CCc1cccc2sc(N(CCCN3CCOCC3)C(=O)c3cc(-c4ccccc4)nc4ccccc34)nc12. The van der Waals surface area contributed by atoms with Crippen LogP contribution in [-0.4, -0.2) is 60.2 Å². The number of thiazole rings is 1. The first-order chi connectivity index (χ1) is 19.2. The van der Waals surface area contributed by atoms with Gasteiger partial charge in [-0.25, -0.2) is 9.97 Å². The van der Waals surface area contributed by atoms with Crippen LogP contribution in [0.4, 0.5) is 5.13 Å². The van der Waals surface area contributed by atoms with Gasteiger partial charge in [-0.15, -0.1) is 0 Å². The van der Waals surface area contributed by atoms with Gasteiger partial charge in [0.15, 0.2) is 5.13 Å². The van der Waals surface area contributed by atoms with E-state index < -0.39 is 0 Å². The Labute approximate surface area is 232 Å². The number of rotatable bonds is 8. The molecule has 0 spiro atoms. The van der Waals surface area contributed by atoms with E-state index in [1.807, 2.05) is 65.6 Å². The second-order valence-electron chi connectivity index (χ2n) is 9.82. The van der Waals surface area contributed by atoms with Crippen molar-refractivity contribution in [1.82, 2.24) is 14.9 Å². The highest BCUT2D eigenvalue weighted by Gasteiger charge is 2.25. The summed E-state index contributed by atoms with van der Waals surface area (Å²) in [5.74, 6) is -0.0372. The van der Waals surface area contributed by atoms with Crippen LogP contribution in [0.15, 0.2) is 78.9 Å². The first-order valence-electron chi connectivity index (χ1n) is 13.7. The number of hydrogen-bond donors (Lipinski definition) is 0. The number of hydrogen-bond acceptors (Lipinski definition) is 6. The van der Waals surface area contributed by atoms with Crippen molar-refractivity contribution >= 4 is 43.5 Å². The molecule has 1 fully saturated rings. The van der Waals surface area contributed by atoms with Crippen molar-refractivity contribution in [2.24, 2.45) is 0 Å². The van der Waals surface area contributed by atoms with Gasteiger partial charge in [0.25, 0.3) is 5.91 Å². The maximum atomic E-state index is 14.5. The van der Waals surface area contributed by atoms with Crippen LogP contribution in [0.2, 0.25) is 0 Å². The van der Waals surface area contributed by atoms with Crippen molar-refractivity contribution in [2.75, 3.05) is 44.3 Å². The van der Waals surface area contributed by atoms with E-state index in [1.54, 1.807) is 11.3 Å². The molecule has 5 aromatic rings. The van der Waals surface area contributed by atoms with Crippen molar-refractivity contribution < 1.29 is 9.53 Å². The molecule has 6 nitrogen and oxygen atoms in total. The number of pyridine rings is 1. The van der Waals surface area contributed by atoms with E-state index in [0.717, 1.165) is 83.2 Å². The summed E-state index contributed by atoms with van der Waals surface area (Å²) < 4.78 is 6.63. The molecule has 3 aromatic carbocycles. The number of anilines is 1. The molecule has 6 rings (SSSR count). The zero-order valence-electron chi connectivity index (χ0n) is 22.2. The monoisotopic (exact) mass is 536 g/mol. The number of benzene rings is 3. The van der Waals surface area contributed by atoms with Crippen molar-refractivity contribution in [2.45, 2.75) is 19.8 Å². The average molecular weight is 537 g/mol. The maximum absolute atomic E-state index is 14.5. The molecule has 1 amide bonds. The van der Waals surface area contributed by atoms with Gasteiger partial charge in [0.05, 0.1) is 40.2 Å². The first kappa shape index (κ1) is 25.6. The molecule has 7 heteroatoms. The molecule has 198 valence electrons. The normalized spacial score (nSPS) is 14.2. The van der Waals surface area contributed by atoms with E-state index in [-0.39, 0.29) is 5.91 Å². The minimum absolute atomic E-state index is 0.0372. The fraction of sp³-hybridized carbons (Fsp3) is 0.281. The Kier molecular flexibility index (Phi) is 7.63. The number of carbonyl (C=O) groups excluding carboxylic acids is 1. The predicted octanol–water partition coefficient (Wildman–Crippen LogP) is 6.44. The maximum Gasteiger partial charge on any atom is 0.260 e. The van der Waals surface area contributed by atoms with E-state index >= 15 is 0 Å². The minimum atomic E-state index is -0.0372. The van der Waals surface area contributed by atoms with Crippen LogP contribution < -0.4 is 4.90 Å². The summed E-state index contributed by atoms with van der Waals surface area (Å²) in [7, 11) is 0. The highest BCUT2D eigenvalue weighted by atomic mass is 32.1. The number of morpholine rings is 1. The lowest BCUT2D eigenvalue weighted by atomic mass is 10.0. The molecule has 1 aliphatic rings. The third kappa shape index (κ3) is 5.43. The average Bonchev–Trinajstić information content (AvgIpc) is 3.43. The molecule has 0 radical (unpaired) electrons. The fourth-order valence-corrected chi connectivity index (χ4v) is 6.25. The molecule has 0 unspecified atom stereocenters. The van der Waals surface area contributed by atoms with E-state index in [9.17, 15) is 4.79 Å². The van der Waals surface area contributed by atoms with Crippen molar-refractivity contribution in [3.05, 3.63) is 90.0 Å². The van der Waals surface area contributed by atoms with Crippen LogP contribution in [0.3, 0.4) is 0 Å². The predicted molar refractivity (Wildman–Crippen MR) is 160 cm³/mol. The van der Waals surface area contributed by atoms with E-state index in [4.69, 9.17) is 14.7 Å². The molecule has 3 heterocycles. The number of aryl methyl sites for hydroxylation is 1. The first-order valence-corrected chi connectivity index (χ1v) is 14.5. The van der Waals surface area contributed by atoms with Gasteiger partial charge in [-0.05, 0) is 36.6 Å². The molecule has 0 N–H and O–H groups in total. The van der Waals surface area contributed by atoms with Gasteiger partial charge in [-0.2, -0.15) is 0 Å². The number of aromatic nitrogens is 2. The van der Waals surface area contributed by atoms with Gasteiger partial charge < -0.3 is 4.74 Å². The summed E-state index contributed by atoms with van der Waals surface area (Å²) >= 11 is 1.59. The second-order valence-corrected chi connectivity index (χ2v) is 10.8. The summed E-state index contributed by atoms with van der Waals surface area (Å²) in [4.78, 5) is 28.7. The van der Waals surface area contributed by atoms with Gasteiger partial charge in [0, 0.05) is 37.1 Å². The summed E-state index contributed by atoms with van der Waals surface area (Å²) in [6.07, 6.45) is 1.76. The van der Waals surface area contributed by atoms with Crippen LogP contribution in [-0.2, 0) is 11.2 Å². The second kappa shape index (κ2) is 11.6. The largest absolute Gasteiger partial charge is 0.379 e. The Hall–Kier alpha value is -3.65. The zero-order valence-corrected chi connectivity index (χ0v) is 23.0. The number of nitrogens with zero attached hydrogens (tertiary/aromatic N) is 4. The van der Waals surface area contributed by atoms with Crippen molar-refractivity contribution in [3.63, 3.8) is 0 Å². The van der Waals surface area contributed by atoms with Gasteiger partial charge in [0.1, 0.15) is 0 Å². The van der Waals surface area contributed by atoms with Crippen LogP contribution in [0.25, 0.3) is 32.4 Å². The number of fused-ring (bicyclic) bond motifs is 2. The standard InChI is InChI=1S/C32H32N4O2S/c1-2-23-12-8-15-29-30(23)34-32(39-29)36(17-9-16-35-18-20-38-21-19-35)31(37)26-22-28(24-10-4-3-5-11-24)33-27-14-7-6-13-25(26)27/h3-8,10-15,22H,2,9,16-21H2,1H3. The number of ether oxygens (including phenoxy) is 1. The van der Waals surface area contributed by atoms with Crippen molar-refractivity contribution in [1.29, 1.82) is 0 Å². The topological polar surface area (TPSA) is 58.6 Å². The Bertz CT molecular complexity index is 1590. The molecule has 1 saturated heterocycles. The lowest BCUT2D eigenvalue weighted by Crippen LogP contribution is -2.39. The Morgan fingerprint density at radius 1 is 0.974 bits per heavy atom. The molecule has 0 aliphatic carbocycles. The van der Waals surface area contributed by atoms with E-state index in [0.29, 0.717) is 12.1 Å². The van der Waals surface area contributed by atoms with E-state index in [2.05, 4.69) is 30.0 Å². The number of para-hydroxylation sites is 2. The molecular formula is C32H32N4O2S. The lowest BCUT2D eigenvalue weighted by molar-refractivity contribution is 0.0376. The van der Waals surface area contributed by atoms with Crippen molar-refractivity contribution in [3.8, 4) is 11.3 Å². The molecule has 0 bridgehead atoms. The Balaban J connectivity index is 1.41. The highest BCUT2D eigenvalue weighted by Crippen LogP contribution is 2.33. The molecule has 2 aromatic heterocycles. The van der Waals surface area contributed by atoms with E-state index in [1.165, 1.54) is 5.56 Å². The third-order valence-electron chi connectivity index (χ3n) is 7.32. The van der Waals surface area contributed by atoms with Crippen LogP contribution in [0.1, 0.15) is 29.3 Å².